The maximum atomic E-state index is 12.3. The van der Waals surface area contributed by atoms with Crippen molar-refractivity contribution < 1.29 is 9.53 Å². The van der Waals surface area contributed by atoms with E-state index in [1.54, 1.807) is 0 Å². The molecule has 3 aromatic rings. The van der Waals surface area contributed by atoms with Crippen molar-refractivity contribution in [3.63, 3.8) is 0 Å². The van der Waals surface area contributed by atoms with Crippen molar-refractivity contribution >= 4 is 16.9 Å². The Bertz CT molecular complexity index is 932. The summed E-state index contributed by atoms with van der Waals surface area (Å²) in [4.78, 5) is 19.5. The summed E-state index contributed by atoms with van der Waals surface area (Å²) in [6, 6.07) is 18.3. The SMILES string of the molecule is O=C(CCc1nc2ccccc2n1-c1ccccc1)NCCCN1CCOCC1. The number of para-hydroxylation sites is 3. The van der Waals surface area contributed by atoms with Gasteiger partial charge in [-0.15, -0.1) is 0 Å². The smallest absolute Gasteiger partial charge is 0.220 e. The number of amides is 1. The van der Waals surface area contributed by atoms with Gasteiger partial charge in [-0.3, -0.25) is 14.3 Å². The summed E-state index contributed by atoms with van der Waals surface area (Å²) in [7, 11) is 0. The standard InChI is InChI=1S/C23H28N4O2/c28-23(24-13-6-14-26-15-17-29-18-16-26)12-11-22-25-20-9-4-5-10-21(20)27(22)19-7-2-1-3-8-19/h1-5,7-10H,6,11-18H2,(H,24,28). The molecule has 4 rings (SSSR count). The molecule has 0 spiro atoms. The number of rotatable bonds is 8. The Hall–Kier alpha value is -2.70. The van der Waals surface area contributed by atoms with Gasteiger partial charge in [-0.2, -0.15) is 0 Å². The lowest BCUT2D eigenvalue weighted by Gasteiger charge is -2.26. The Labute approximate surface area is 171 Å². The number of benzene rings is 2. The van der Waals surface area contributed by atoms with E-state index in [1.165, 1.54) is 0 Å². The van der Waals surface area contributed by atoms with Crippen molar-refractivity contribution in [1.82, 2.24) is 19.8 Å². The molecule has 0 bridgehead atoms. The van der Waals surface area contributed by atoms with E-state index in [0.29, 0.717) is 19.4 Å². The molecule has 2 heterocycles. The zero-order chi connectivity index (χ0) is 19.9. The number of nitrogens with zero attached hydrogens (tertiary/aromatic N) is 3. The lowest BCUT2D eigenvalue weighted by molar-refractivity contribution is -0.121. The molecule has 6 heteroatoms. The van der Waals surface area contributed by atoms with Crippen molar-refractivity contribution in [1.29, 1.82) is 0 Å². The summed E-state index contributed by atoms with van der Waals surface area (Å²) in [5.41, 5.74) is 3.10. The molecular weight excluding hydrogens is 364 g/mol. The van der Waals surface area contributed by atoms with Crippen molar-refractivity contribution in [3.8, 4) is 5.69 Å². The summed E-state index contributed by atoms with van der Waals surface area (Å²) < 4.78 is 7.52. The molecule has 2 aromatic carbocycles. The van der Waals surface area contributed by atoms with Crippen LogP contribution in [0.3, 0.4) is 0 Å². The predicted octanol–water partition coefficient (Wildman–Crippen LogP) is 2.80. The quantitative estimate of drug-likeness (QED) is 0.599. The molecule has 1 aromatic heterocycles. The van der Waals surface area contributed by atoms with Crippen LogP contribution >= 0.6 is 0 Å². The first-order chi connectivity index (χ1) is 14.3. The van der Waals surface area contributed by atoms with Crippen LogP contribution in [0.15, 0.2) is 54.6 Å². The molecule has 1 N–H and O–H groups in total. The largest absolute Gasteiger partial charge is 0.379 e. The number of hydrogen-bond donors (Lipinski definition) is 1. The zero-order valence-corrected chi connectivity index (χ0v) is 16.7. The Morgan fingerprint density at radius 2 is 1.79 bits per heavy atom. The van der Waals surface area contributed by atoms with Crippen LogP contribution in [0.4, 0.5) is 0 Å². The molecule has 1 amide bonds. The van der Waals surface area contributed by atoms with Crippen LogP contribution in [0.2, 0.25) is 0 Å². The normalized spacial score (nSPS) is 14.9. The first-order valence-corrected chi connectivity index (χ1v) is 10.4. The predicted molar refractivity (Wildman–Crippen MR) is 114 cm³/mol. The first-order valence-electron chi connectivity index (χ1n) is 10.4. The van der Waals surface area contributed by atoms with Crippen LogP contribution in [-0.2, 0) is 16.0 Å². The number of imidazole rings is 1. The van der Waals surface area contributed by atoms with Crippen LogP contribution in [0.25, 0.3) is 16.7 Å². The summed E-state index contributed by atoms with van der Waals surface area (Å²) >= 11 is 0. The van der Waals surface area contributed by atoms with Gasteiger partial charge in [0.05, 0.1) is 24.2 Å². The van der Waals surface area contributed by atoms with E-state index in [0.717, 1.165) is 61.8 Å². The lowest BCUT2D eigenvalue weighted by Crippen LogP contribution is -2.38. The highest BCUT2D eigenvalue weighted by Crippen LogP contribution is 2.22. The molecule has 29 heavy (non-hydrogen) atoms. The highest BCUT2D eigenvalue weighted by Gasteiger charge is 2.14. The van der Waals surface area contributed by atoms with Gasteiger partial charge in [0.2, 0.25) is 5.91 Å². The van der Waals surface area contributed by atoms with Crippen molar-refractivity contribution in [3.05, 3.63) is 60.4 Å². The number of aromatic nitrogens is 2. The lowest BCUT2D eigenvalue weighted by atomic mass is 10.2. The van der Waals surface area contributed by atoms with Crippen molar-refractivity contribution in [2.45, 2.75) is 19.3 Å². The molecule has 0 atom stereocenters. The molecule has 0 saturated carbocycles. The van der Waals surface area contributed by atoms with E-state index in [1.807, 2.05) is 36.4 Å². The molecule has 0 radical (unpaired) electrons. The number of nitrogens with one attached hydrogen (secondary N) is 1. The van der Waals surface area contributed by atoms with Gasteiger partial charge in [-0.05, 0) is 37.2 Å². The van der Waals surface area contributed by atoms with E-state index in [2.05, 4.69) is 33.0 Å². The number of carbonyl (C=O) groups excluding carboxylic acids is 1. The summed E-state index contributed by atoms with van der Waals surface area (Å²) in [5, 5.41) is 3.05. The average Bonchev–Trinajstić information content (AvgIpc) is 3.15. The number of aryl methyl sites for hydroxylation is 1. The highest BCUT2D eigenvalue weighted by atomic mass is 16.5. The van der Waals surface area contributed by atoms with Gasteiger partial charge in [0.15, 0.2) is 0 Å². The average molecular weight is 393 g/mol. The van der Waals surface area contributed by atoms with Crippen LogP contribution in [0, 0.1) is 0 Å². The van der Waals surface area contributed by atoms with E-state index in [-0.39, 0.29) is 5.91 Å². The Kier molecular flexibility index (Phi) is 6.54. The maximum absolute atomic E-state index is 12.3. The van der Waals surface area contributed by atoms with Gasteiger partial charge in [0.1, 0.15) is 5.82 Å². The molecule has 152 valence electrons. The Morgan fingerprint density at radius 3 is 2.62 bits per heavy atom. The minimum Gasteiger partial charge on any atom is -0.379 e. The van der Waals surface area contributed by atoms with Crippen LogP contribution in [-0.4, -0.2) is 59.8 Å². The number of ether oxygens (including phenoxy) is 1. The van der Waals surface area contributed by atoms with Gasteiger partial charge in [0, 0.05) is 38.2 Å². The van der Waals surface area contributed by atoms with Gasteiger partial charge in [-0.25, -0.2) is 4.98 Å². The van der Waals surface area contributed by atoms with E-state index >= 15 is 0 Å². The highest BCUT2D eigenvalue weighted by molar-refractivity contribution is 5.79. The van der Waals surface area contributed by atoms with E-state index in [4.69, 9.17) is 9.72 Å². The van der Waals surface area contributed by atoms with Gasteiger partial charge in [0.25, 0.3) is 0 Å². The van der Waals surface area contributed by atoms with Crippen LogP contribution in [0.5, 0.6) is 0 Å². The van der Waals surface area contributed by atoms with Gasteiger partial charge < -0.3 is 10.1 Å². The monoisotopic (exact) mass is 392 g/mol. The van der Waals surface area contributed by atoms with Crippen molar-refractivity contribution in [2.75, 3.05) is 39.4 Å². The third kappa shape index (κ3) is 5.02. The van der Waals surface area contributed by atoms with Gasteiger partial charge in [-0.1, -0.05) is 30.3 Å². The molecular formula is C23H28N4O2. The van der Waals surface area contributed by atoms with Crippen molar-refractivity contribution in [2.24, 2.45) is 0 Å². The van der Waals surface area contributed by atoms with Crippen LogP contribution < -0.4 is 5.32 Å². The summed E-state index contributed by atoms with van der Waals surface area (Å²) in [5.74, 6) is 1.000. The Balaban J connectivity index is 1.34. The van der Waals surface area contributed by atoms with Crippen LogP contribution in [0.1, 0.15) is 18.7 Å². The summed E-state index contributed by atoms with van der Waals surface area (Å²) in [6.45, 7) is 5.33. The first kappa shape index (κ1) is 19.6. The second-order valence-corrected chi connectivity index (χ2v) is 7.35. The zero-order valence-electron chi connectivity index (χ0n) is 16.7. The molecule has 1 fully saturated rings. The minimum absolute atomic E-state index is 0.0821. The third-order valence-corrected chi connectivity index (χ3v) is 5.30. The fraction of sp³-hybridized carbons (Fsp3) is 0.391. The molecule has 1 saturated heterocycles. The third-order valence-electron chi connectivity index (χ3n) is 5.30. The number of fused-ring (bicyclic) bond motifs is 1. The maximum Gasteiger partial charge on any atom is 0.220 e. The van der Waals surface area contributed by atoms with E-state index in [9.17, 15) is 4.79 Å². The van der Waals surface area contributed by atoms with E-state index < -0.39 is 0 Å². The number of hydrogen-bond acceptors (Lipinski definition) is 4. The molecule has 0 aliphatic carbocycles. The topological polar surface area (TPSA) is 59.4 Å². The molecule has 1 aliphatic heterocycles. The Morgan fingerprint density at radius 1 is 1.03 bits per heavy atom. The second kappa shape index (κ2) is 9.67. The molecule has 0 unspecified atom stereocenters. The number of carbonyl (C=O) groups is 1. The molecule has 1 aliphatic rings. The second-order valence-electron chi connectivity index (χ2n) is 7.35. The fourth-order valence-electron chi connectivity index (χ4n) is 3.78. The molecule has 6 nitrogen and oxygen atoms in total. The van der Waals surface area contributed by atoms with Gasteiger partial charge >= 0.3 is 0 Å². The minimum atomic E-state index is 0.0821. The fourth-order valence-corrected chi connectivity index (χ4v) is 3.78. The summed E-state index contributed by atoms with van der Waals surface area (Å²) in [6.07, 6.45) is 2.01. The number of morpholine rings is 1.